The van der Waals surface area contributed by atoms with Gasteiger partial charge < -0.3 is 9.84 Å². The predicted molar refractivity (Wildman–Crippen MR) is 72.4 cm³/mol. The summed E-state index contributed by atoms with van der Waals surface area (Å²) in [4.78, 5) is 12.1. The molecule has 0 radical (unpaired) electrons. The lowest BCUT2D eigenvalue weighted by Crippen LogP contribution is -2.29. The minimum atomic E-state index is -0.151. The lowest BCUT2D eigenvalue weighted by molar-refractivity contribution is 0.0942. The van der Waals surface area contributed by atoms with Crippen molar-refractivity contribution in [2.24, 2.45) is 0 Å². The third kappa shape index (κ3) is 2.45. The topological polar surface area (TPSA) is 73.0 Å². The molecule has 106 valence electrons. The number of carbonyl (C=O) groups excluding carboxylic acids is 1. The number of hydrogen-bond donors (Lipinski definition) is 1. The quantitative estimate of drug-likeness (QED) is 0.916. The number of aryl methyl sites for hydroxylation is 2. The highest BCUT2D eigenvalue weighted by atomic mass is 16.5. The van der Waals surface area contributed by atoms with Crippen LogP contribution in [0.4, 0.5) is 0 Å². The smallest absolute Gasteiger partial charge is 0.273 e. The molecule has 20 heavy (non-hydrogen) atoms. The first kappa shape index (κ1) is 12.9. The lowest BCUT2D eigenvalue weighted by Gasteiger charge is -2.09. The Hall–Kier alpha value is -2.11. The number of aromatic nitrogens is 3. The average Bonchev–Trinajstić information content (AvgIpc) is 3.05. The molecule has 2 aromatic heterocycles. The molecule has 1 amide bonds. The summed E-state index contributed by atoms with van der Waals surface area (Å²) in [5.41, 5.74) is 2.53. The Kier molecular flexibility index (Phi) is 3.54. The van der Waals surface area contributed by atoms with E-state index < -0.39 is 0 Å². The van der Waals surface area contributed by atoms with Gasteiger partial charge in [-0.15, -0.1) is 0 Å². The highest BCUT2D eigenvalue weighted by Gasteiger charge is 2.23. The Morgan fingerprint density at radius 1 is 1.45 bits per heavy atom. The van der Waals surface area contributed by atoms with Crippen LogP contribution < -0.4 is 5.32 Å². The summed E-state index contributed by atoms with van der Waals surface area (Å²) in [6.45, 7) is 3.18. The third-order valence-electron chi connectivity index (χ3n) is 3.70. The minimum Gasteiger partial charge on any atom is -0.360 e. The maximum absolute atomic E-state index is 12.1. The molecule has 0 saturated carbocycles. The Labute approximate surface area is 117 Å². The molecule has 1 aliphatic carbocycles. The van der Waals surface area contributed by atoms with Crippen molar-refractivity contribution >= 4 is 5.91 Å². The first-order valence-electron chi connectivity index (χ1n) is 7.00. The van der Waals surface area contributed by atoms with Crippen LogP contribution in [0.5, 0.6) is 0 Å². The van der Waals surface area contributed by atoms with E-state index in [1.54, 1.807) is 6.20 Å². The monoisotopic (exact) mass is 274 g/mol. The van der Waals surface area contributed by atoms with Gasteiger partial charge in [0.1, 0.15) is 5.76 Å². The van der Waals surface area contributed by atoms with Crippen LogP contribution in [0.3, 0.4) is 0 Å². The summed E-state index contributed by atoms with van der Waals surface area (Å²) in [5, 5.41) is 11.0. The SMILES string of the molecule is Cc1ccnn1CCNC(=O)c1noc2c1CCCC2. The van der Waals surface area contributed by atoms with Crippen molar-refractivity contribution in [2.45, 2.75) is 39.2 Å². The van der Waals surface area contributed by atoms with Gasteiger partial charge in [-0.2, -0.15) is 5.10 Å². The number of rotatable bonds is 4. The number of carbonyl (C=O) groups is 1. The summed E-state index contributed by atoms with van der Waals surface area (Å²) in [5.74, 6) is 0.728. The zero-order valence-electron chi connectivity index (χ0n) is 11.6. The molecular weight excluding hydrogens is 256 g/mol. The zero-order valence-corrected chi connectivity index (χ0v) is 11.6. The van der Waals surface area contributed by atoms with E-state index in [0.29, 0.717) is 18.8 Å². The summed E-state index contributed by atoms with van der Waals surface area (Å²) in [6, 6.07) is 1.94. The van der Waals surface area contributed by atoms with E-state index >= 15 is 0 Å². The normalized spacial score (nSPS) is 14.1. The van der Waals surface area contributed by atoms with Gasteiger partial charge in [0.25, 0.3) is 5.91 Å². The molecule has 0 spiro atoms. The standard InChI is InChI=1S/C14H18N4O2/c1-10-6-7-16-18(10)9-8-15-14(19)13-11-4-2-3-5-12(11)20-17-13/h6-7H,2-5,8-9H2,1H3,(H,15,19). The van der Waals surface area contributed by atoms with E-state index in [4.69, 9.17) is 4.52 Å². The van der Waals surface area contributed by atoms with Gasteiger partial charge in [0.15, 0.2) is 5.69 Å². The molecule has 3 rings (SSSR count). The van der Waals surface area contributed by atoms with Gasteiger partial charge in [-0.1, -0.05) is 5.16 Å². The summed E-state index contributed by atoms with van der Waals surface area (Å²) in [7, 11) is 0. The van der Waals surface area contributed by atoms with Crippen LogP contribution in [-0.2, 0) is 19.4 Å². The van der Waals surface area contributed by atoms with Crippen molar-refractivity contribution in [3.8, 4) is 0 Å². The molecule has 0 atom stereocenters. The molecule has 1 aliphatic rings. The molecule has 0 bridgehead atoms. The van der Waals surface area contributed by atoms with Crippen molar-refractivity contribution < 1.29 is 9.32 Å². The number of nitrogens with one attached hydrogen (secondary N) is 1. The molecule has 0 fully saturated rings. The van der Waals surface area contributed by atoms with Gasteiger partial charge in [0, 0.05) is 30.4 Å². The van der Waals surface area contributed by atoms with Crippen LogP contribution in [0.15, 0.2) is 16.8 Å². The van der Waals surface area contributed by atoms with Gasteiger partial charge in [-0.3, -0.25) is 9.48 Å². The lowest BCUT2D eigenvalue weighted by atomic mass is 9.96. The fourth-order valence-corrected chi connectivity index (χ4v) is 2.56. The predicted octanol–water partition coefficient (Wildman–Crippen LogP) is 1.49. The Morgan fingerprint density at radius 3 is 3.10 bits per heavy atom. The van der Waals surface area contributed by atoms with E-state index in [0.717, 1.165) is 42.7 Å². The molecule has 0 aliphatic heterocycles. The molecule has 6 nitrogen and oxygen atoms in total. The molecule has 0 saturated heterocycles. The third-order valence-corrected chi connectivity index (χ3v) is 3.70. The largest absolute Gasteiger partial charge is 0.360 e. The molecule has 2 aromatic rings. The Morgan fingerprint density at radius 2 is 2.30 bits per heavy atom. The molecular formula is C14H18N4O2. The van der Waals surface area contributed by atoms with Gasteiger partial charge >= 0.3 is 0 Å². The summed E-state index contributed by atoms with van der Waals surface area (Å²) < 4.78 is 7.11. The van der Waals surface area contributed by atoms with Crippen LogP contribution in [0.25, 0.3) is 0 Å². The van der Waals surface area contributed by atoms with E-state index in [9.17, 15) is 4.79 Å². The molecule has 6 heteroatoms. The van der Waals surface area contributed by atoms with Gasteiger partial charge in [0.05, 0.1) is 6.54 Å². The van der Waals surface area contributed by atoms with Crippen molar-refractivity contribution in [1.82, 2.24) is 20.3 Å². The molecule has 1 N–H and O–H groups in total. The van der Waals surface area contributed by atoms with E-state index in [1.165, 1.54) is 0 Å². The molecule has 2 heterocycles. The van der Waals surface area contributed by atoms with E-state index in [-0.39, 0.29) is 5.91 Å². The average molecular weight is 274 g/mol. The maximum Gasteiger partial charge on any atom is 0.273 e. The highest BCUT2D eigenvalue weighted by molar-refractivity contribution is 5.93. The summed E-state index contributed by atoms with van der Waals surface area (Å²) in [6.07, 6.45) is 5.75. The van der Waals surface area contributed by atoms with Crippen LogP contribution in [-0.4, -0.2) is 27.4 Å². The Balaban J connectivity index is 1.59. The zero-order chi connectivity index (χ0) is 13.9. The van der Waals surface area contributed by atoms with Crippen molar-refractivity contribution in [3.63, 3.8) is 0 Å². The van der Waals surface area contributed by atoms with Crippen LogP contribution >= 0.6 is 0 Å². The number of nitrogens with zero attached hydrogens (tertiary/aromatic N) is 3. The van der Waals surface area contributed by atoms with Crippen LogP contribution in [0.2, 0.25) is 0 Å². The van der Waals surface area contributed by atoms with Gasteiger partial charge in [-0.05, 0) is 32.3 Å². The molecule has 0 aromatic carbocycles. The van der Waals surface area contributed by atoms with Crippen LogP contribution in [0.1, 0.15) is 40.3 Å². The van der Waals surface area contributed by atoms with Crippen molar-refractivity contribution in [1.29, 1.82) is 0 Å². The first-order valence-corrected chi connectivity index (χ1v) is 7.00. The number of hydrogen-bond acceptors (Lipinski definition) is 4. The second-order valence-corrected chi connectivity index (χ2v) is 5.09. The second-order valence-electron chi connectivity index (χ2n) is 5.09. The summed E-state index contributed by atoms with van der Waals surface area (Å²) >= 11 is 0. The van der Waals surface area contributed by atoms with Gasteiger partial charge in [0.2, 0.25) is 0 Å². The van der Waals surface area contributed by atoms with E-state index in [1.807, 2.05) is 17.7 Å². The second kappa shape index (κ2) is 5.48. The molecule has 0 unspecified atom stereocenters. The Bertz CT molecular complexity index is 614. The maximum atomic E-state index is 12.1. The first-order chi connectivity index (χ1) is 9.75. The number of amides is 1. The van der Waals surface area contributed by atoms with Gasteiger partial charge in [-0.25, -0.2) is 0 Å². The van der Waals surface area contributed by atoms with Crippen LogP contribution in [0, 0.1) is 6.92 Å². The van der Waals surface area contributed by atoms with Crippen molar-refractivity contribution in [2.75, 3.05) is 6.54 Å². The number of fused-ring (bicyclic) bond motifs is 1. The van der Waals surface area contributed by atoms with Crippen molar-refractivity contribution in [3.05, 3.63) is 35.0 Å². The fourth-order valence-electron chi connectivity index (χ4n) is 2.56. The minimum absolute atomic E-state index is 0.151. The van der Waals surface area contributed by atoms with E-state index in [2.05, 4.69) is 15.6 Å². The fraction of sp³-hybridized carbons (Fsp3) is 0.500. The highest BCUT2D eigenvalue weighted by Crippen LogP contribution is 2.23.